The van der Waals surface area contributed by atoms with Gasteiger partial charge in [-0.2, -0.15) is 18.3 Å². The molecular weight excluding hydrogens is 233 g/mol. The zero-order valence-corrected chi connectivity index (χ0v) is 9.70. The Morgan fingerprint density at radius 3 is 2.53 bits per heavy atom. The first-order valence-electron chi connectivity index (χ1n) is 5.52. The first kappa shape index (κ1) is 12.4. The summed E-state index contributed by atoms with van der Waals surface area (Å²) < 4.78 is 38.4. The zero-order valence-electron chi connectivity index (χ0n) is 9.70. The fourth-order valence-corrected chi connectivity index (χ4v) is 2.30. The Labute approximate surface area is 97.2 Å². The van der Waals surface area contributed by atoms with E-state index in [4.69, 9.17) is 0 Å². The van der Waals surface area contributed by atoms with Crippen molar-refractivity contribution < 1.29 is 18.3 Å². The number of hydrogen-bond acceptors (Lipinski definition) is 2. The van der Waals surface area contributed by atoms with Crippen molar-refractivity contribution >= 4 is 0 Å². The van der Waals surface area contributed by atoms with Crippen LogP contribution in [0.3, 0.4) is 0 Å². The van der Waals surface area contributed by atoms with Gasteiger partial charge in [-0.05, 0) is 24.3 Å². The molecule has 17 heavy (non-hydrogen) atoms. The average Bonchev–Trinajstić information content (AvgIpc) is 2.73. The van der Waals surface area contributed by atoms with Gasteiger partial charge in [-0.25, -0.2) is 0 Å². The molecule has 0 amide bonds. The van der Waals surface area contributed by atoms with Gasteiger partial charge < -0.3 is 5.11 Å². The summed E-state index contributed by atoms with van der Waals surface area (Å²) in [6.45, 7) is 3.82. The fraction of sp³-hybridized carbons (Fsp3) is 0.727. The number of halogens is 3. The molecule has 1 heterocycles. The molecule has 0 radical (unpaired) electrons. The van der Waals surface area contributed by atoms with Crippen molar-refractivity contribution in [3.8, 4) is 0 Å². The largest absolute Gasteiger partial charge is 0.435 e. The van der Waals surface area contributed by atoms with Crippen LogP contribution in [0.15, 0.2) is 12.3 Å². The number of aromatic nitrogens is 2. The van der Waals surface area contributed by atoms with Crippen molar-refractivity contribution in [2.24, 2.45) is 5.41 Å². The lowest BCUT2D eigenvalue weighted by molar-refractivity contribution is -0.141. The molecule has 96 valence electrons. The Bertz CT molecular complexity index is 411. The number of nitrogens with zero attached hydrogens (tertiary/aromatic N) is 2. The van der Waals surface area contributed by atoms with Crippen molar-refractivity contribution in [2.45, 2.75) is 45.0 Å². The highest BCUT2D eigenvalue weighted by Crippen LogP contribution is 2.43. The van der Waals surface area contributed by atoms with Gasteiger partial charge in [0.15, 0.2) is 5.69 Å². The molecule has 0 aromatic carbocycles. The highest BCUT2D eigenvalue weighted by atomic mass is 19.4. The summed E-state index contributed by atoms with van der Waals surface area (Å²) in [4.78, 5) is 0. The lowest BCUT2D eigenvalue weighted by Crippen LogP contribution is -2.30. The van der Waals surface area contributed by atoms with Crippen LogP contribution in [-0.2, 0) is 6.18 Å². The molecular formula is C11H15F3N2O. The second-order valence-electron chi connectivity index (χ2n) is 5.22. The van der Waals surface area contributed by atoms with Crippen molar-refractivity contribution in [3.05, 3.63) is 18.0 Å². The van der Waals surface area contributed by atoms with E-state index in [1.165, 1.54) is 10.9 Å². The van der Waals surface area contributed by atoms with Crippen LogP contribution in [0.4, 0.5) is 13.2 Å². The maximum Gasteiger partial charge on any atom is 0.435 e. The highest BCUT2D eigenvalue weighted by Gasteiger charge is 2.43. The molecule has 1 aliphatic carbocycles. The van der Waals surface area contributed by atoms with Crippen LogP contribution in [0.25, 0.3) is 0 Å². The number of alkyl halides is 3. The first-order valence-corrected chi connectivity index (χ1v) is 5.52. The summed E-state index contributed by atoms with van der Waals surface area (Å²) in [5.74, 6) is 0. The van der Waals surface area contributed by atoms with Gasteiger partial charge in [0, 0.05) is 6.20 Å². The Balaban J connectivity index is 2.22. The van der Waals surface area contributed by atoms with Crippen molar-refractivity contribution in [1.29, 1.82) is 0 Å². The minimum absolute atomic E-state index is 0.269. The van der Waals surface area contributed by atoms with Gasteiger partial charge in [0.05, 0.1) is 12.1 Å². The molecule has 1 aromatic rings. The van der Waals surface area contributed by atoms with Gasteiger partial charge in [0.25, 0.3) is 0 Å². The third kappa shape index (κ3) is 2.18. The average molecular weight is 248 g/mol. The van der Waals surface area contributed by atoms with Gasteiger partial charge in [-0.15, -0.1) is 0 Å². The van der Waals surface area contributed by atoms with Crippen molar-refractivity contribution in [2.75, 3.05) is 0 Å². The van der Waals surface area contributed by atoms with E-state index >= 15 is 0 Å². The van der Waals surface area contributed by atoms with Crippen LogP contribution in [-0.4, -0.2) is 21.0 Å². The Hall–Kier alpha value is -1.04. The van der Waals surface area contributed by atoms with E-state index in [2.05, 4.69) is 5.10 Å². The Morgan fingerprint density at radius 1 is 1.47 bits per heavy atom. The van der Waals surface area contributed by atoms with E-state index in [0.717, 1.165) is 12.5 Å². The third-order valence-electron chi connectivity index (χ3n) is 3.49. The molecule has 6 heteroatoms. The van der Waals surface area contributed by atoms with Crippen molar-refractivity contribution in [3.63, 3.8) is 0 Å². The van der Waals surface area contributed by atoms with E-state index in [1.54, 1.807) is 0 Å². The monoisotopic (exact) mass is 248 g/mol. The van der Waals surface area contributed by atoms with E-state index in [0.29, 0.717) is 6.42 Å². The SMILES string of the molecule is CC1(C)CCC(n2ccc(C(F)(F)F)n2)C1O. The predicted molar refractivity (Wildman–Crippen MR) is 55.3 cm³/mol. The molecule has 1 aromatic heterocycles. The second kappa shape index (κ2) is 3.73. The highest BCUT2D eigenvalue weighted by molar-refractivity contribution is 5.06. The molecule has 0 bridgehead atoms. The van der Waals surface area contributed by atoms with E-state index in [-0.39, 0.29) is 11.5 Å². The molecule has 2 rings (SSSR count). The number of aliphatic hydroxyl groups is 1. The van der Waals surface area contributed by atoms with Gasteiger partial charge in [-0.3, -0.25) is 4.68 Å². The lowest BCUT2D eigenvalue weighted by atomic mass is 9.89. The molecule has 2 unspecified atom stereocenters. The first-order chi connectivity index (χ1) is 7.72. The standard InChI is InChI=1S/C11H15F3N2O/c1-10(2)5-3-7(9(10)17)16-6-4-8(15-16)11(12,13)14/h4,6-7,9,17H,3,5H2,1-2H3. The minimum Gasteiger partial charge on any atom is -0.390 e. The molecule has 1 saturated carbocycles. The maximum atomic E-state index is 12.4. The van der Waals surface area contributed by atoms with E-state index < -0.39 is 18.0 Å². The minimum atomic E-state index is -4.43. The molecule has 0 aliphatic heterocycles. The summed E-state index contributed by atoms with van der Waals surface area (Å²) in [7, 11) is 0. The van der Waals surface area contributed by atoms with Crippen LogP contribution in [0.2, 0.25) is 0 Å². The normalized spacial score (nSPS) is 28.6. The third-order valence-corrected chi connectivity index (χ3v) is 3.49. The van der Waals surface area contributed by atoms with Crippen LogP contribution in [0.5, 0.6) is 0 Å². The van der Waals surface area contributed by atoms with Gasteiger partial charge >= 0.3 is 6.18 Å². The lowest BCUT2D eigenvalue weighted by Gasteiger charge is -2.25. The van der Waals surface area contributed by atoms with Crippen LogP contribution in [0.1, 0.15) is 38.4 Å². The summed E-state index contributed by atoms with van der Waals surface area (Å²) in [6.07, 6.45) is -2.38. The fourth-order valence-electron chi connectivity index (χ4n) is 2.30. The summed E-state index contributed by atoms with van der Waals surface area (Å²) >= 11 is 0. The zero-order chi connectivity index (χ0) is 12.8. The van der Waals surface area contributed by atoms with E-state index in [1.807, 2.05) is 13.8 Å². The number of aliphatic hydroxyl groups excluding tert-OH is 1. The predicted octanol–water partition coefficient (Wildman–Crippen LogP) is 2.62. The summed E-state index contributed by atoms with van der Waals surface area (Å²) in [5, 5.41) is 13.6. The molecule has 3 nitrogen and oxygen atoms in total. The Morgan fingerprint density at radius 2 is 2.12 bits per heavy atom. The molecule has 2 atom stereocenters. The Kier molecular flexibility index (Phi) is 2.72. The van der Waals surface area contributed by atoms with Crippen LogP contribution >= 0.6 is 0 Å². The number of hydrogen-bond donors (Lipinski definition) is 1. The van der Waals surface area contributed by atoms with Crippen molar-refractivity contribution in [1.82, 2.24) is 9.78 Å². The van der Waals surface area contributed by atoms with Crippen LogP contribution < -0.4 is 0 Å². The molecule has 1 fully saturated rings. The molecule has 0 spiro atoms. The summed E-state index contributed by atoms with van der Waals surface area (Å²) in [6, 6.07) is 0.582. The smallest absolute Gasteiger partial charge is 0.390 e. The van der Waals surface area contributed by atoms with Gasteiger partial charge in [-0.1, -0.05) is 13.8 Å². The maximum absolute atomic E-state index is 12.4. The summed E-state index contributed by atoms with van der Waals surface area (Å²) in [5.41, 5.74) is -1.18. The molecule has 1 N–H and O–H groups in total. The van der Waals surface area contributed by atoms with E-state index in [9.17, 15) is 18.3 Å². The van der Waals surface area contributed by atoms with Gasteiger partial charge in [0.2, 0.25) is 0 Å². The quantitative estimate of drug-likeness (QED) is 0.829. The molecule has 0 saturated heterocycles. The molecule has 1 aliphatic rings. The van der Waals surface area contributed by atoms with Gasteiger partial charge in [0.1, 0.15) is 0 Å². The second-order valence-corrected chi connectivity index (χ2v) is 5.22. The number of rotatable bonds is 1. The van der Waals surface area contributed by atoms with Crippen LogP contribution in [0, 0.1) is 5.41 Å². The topological polar surface area (TPSA) is 38.0 Å².